The molecule has 0 aliphatic heterocycles. The summed E-state index contributed by atoms with van der Waals surface area (Å²) in [5.41, 5.74) is 0.759. The quantitative estimate of drug-likeness (QED) is 0.817. The van der Waals surface area contributed by atoms with Gasteiger partial charge in [0.15, 0.2) is 11.9 Å². The molecule has 5 heteroatoms. The topological polar surface area (TPSA) is 44.1 Å². The van der Waals surface area contributed by atoms with Crippen LogP contribution in [-0.2, 0) is 11.2 Å². The summed E-state index contributed by atoms with van der Waals surface area (Å²) >= 11 is 5.89. The molecule has 1 unspecified atom stereocenters. The Morgan fingerprint density at radius 2 is 2.10 bits per heavy atom. The third kappa shape index (κ3) is 4.33. The van der Waals surface area contributed by atoms with Gasteiger partial charge in [-0.15, -0.1) is 0 Å². The summed E-state index contributed by atoms with van der Waals surface area (Å²) in [6.45, 7) is 5.83. The van der Waals surface area contributed by atoms with Crippen LogP contribution in [0, 0.1) is 0 Å². The molecule has 0 spiro atoms. The first-order valence-corrected chi connectivity index (χ1v) is 7.32. The lowest BCUT2D eigenvalue weighted by molar-refractivity contribution is -0.124. The van der Waals surface area contributed by atoms with Crippen molar-refractivity contribution in [2.24, 2.45) is 0 Å². The monoisotopic (exact) mass is 306 g/mol. The van der Waals surface area contributed by atoms with E-state index in [9.17, 15) is 4.79 Å². The van der Waals surface area contributed by atoms with Gasteiger partial charge in [-0.05, 0) is 45.0 Å². The highest BCUT2D eigenvalue weighted by atomic mass is 35.5. The Labute approximate surface area is 129 Å². The van der Waals surface area contributed by atoms with Crippen molar-refractivity contribution in [1.82, 2.24) is 9.78 Å². The van der Waals surface area contributed by atoms with Crippen molar-refractivity contribution in [2.75, 3.05) is 0 Å². The number of carbonyl (C=O) groups excluding carboxylic acids is 1. The lowest BCUT2D eigenvalue weighted by atomic mass is 10.1. The second-order valence-corrected chi connectivity index (χ2v) is 5.68. The second-order valence-electron chi connectivity index (χ2n) is 5.24. The predicted molar refractivity (Wildman–Crippen MR) is 82.9 cm³/mol. The molecule has 0 bridgehead atoms. The van der Waals surface area contributed by atoms with Crippen molar-refractivity contribution >= 4 is 17.4 Å². The van der Waals surface area contributed by atoms with Gasteiger partial charge in [0, 0.05) is 17.3 Å². The maximum Gasteiger partial charge on any atom is 0.178 e. The summed E-state index contributed by atoms with van der Waals surface area (Å²) in [4.78, 5) is 12.2. The molecule has 2 rings (SSSR count). The van der Waals surface area contributed by atoms with Gasteiger partial charge in [0.2, 0.25) is 0 Å². The molecule has 1 atom stereocenters. The summed E-state index contributed by atoms with van der Waals surface area (Å²) < 4.78 is 7.45. The number of hydrogen-bond acceptors (Lipinski definition) is 3. The average molecular weight is 307 g/mol. The summed E-state index contributed by atoms with van der Waals surface area (Å²) in [6.07, 6.45) is 1.62. The molecule has 1 aromatic carbocycles. The van der Waals surface area contributed by atoms with Crippen LogP contribution in [0.25, 0.3) is 0 Å². The van der Waals surface area contributed by atoms with Crippen LogP contribution in [0.3, 0.4) is 0 Å². The van der Waals surface area contributed by atoms with Gasteiger partial charge >= 0.3 is 0 Å². The minimum Gasteiger partial charge on any atom is -0.483 e. The lowest BCUT2D eigenvalue weighted by Crippen LogP contribution is -2.25. The molecule has 1 aromatic heterocycles. The number of aromatic nitrogens is 2. The van der Waals surface area contributed by atoms with Gasteiger partial charge < -0.3 is 4.74 Å². The molecule has 0 aliphatic carbocycles. The molecule has 0 fully saturated rings. The first-order valence-electron chi connectivity index (χ1n) is 6.94. The van der Waals surface area contributed by atoms with Crippen molar-refractivity contribution < 1.29 is 9.53 Å². The molecule has 4 nitrogen and oxygen atoms in total. The molecule has 0 amide bonds. The van der Waals surface area contributed by atoms with Gasteiger partial charge in [-0.2, -0.15) is 5.10 Å². The van der Waals surface area contributed by atoms with Crippen molar-refractivity contribution in [3.63, 3.8) is 0 Å². The van der Waals surface area contributed by atoms with Crippen LogP contribution in [-0.4, -0.2) is 21.7 Å². The van der Waals surface area contributed by atoms with Gasteiger partial charge in [0.1, 0.15) is 5.75 Å². The molecule has 1 heterocycles. The Morgan fingerprint density at radius 1 is 1.33 bits per heavy atom. The number of hydrogen-bond donors (Lipinski definition) is 0. The zero-order valence-corrected chi connectivity index (χ0v) is 13.2. The number of carbonyl (C=O) groups is 1. The van der Waals surface area contributed by atoms with E-state index in [1.165, 1.54) is 0 Å². The van der Waals surface area contributed by atoms with Crippen LogP contribution in [0.1, 0.15) is 32.5 Å². The van der Waals surface area contributed by atoms with Gasteiger partial charge in [0.25, 0.3) is 0 Å². The Morgan fingerprint density at radius 3 is 2.71 bits per heavy atom. The number of halogens is 1. The minimum atomic E-state index is -0.535. The van der Waals surface area contributed by atoms with E-state index in [0.29, 0.717) is 10.8 Å². The van der Waals surface area contributed by atoms with Crippen molar-refractivity contribution in [3.8, 4) is 5.75 Å². The van der Waals surface area contributed by atoms with Crippen molar-refractivity contribution in [3.05, 3.63) is 47.2 Å². The molecule has 112 valence electrons. The molecule has 0 N–H and O–H groups in total. The molecule has 0 saturated carbocycles. The third-order valence-electron chi connectivity index (χ3n) is 3.11. The van der Waals surface area contributed by atoms with E-state index in [1.54, 1.807) is 31.2 Å². The zero-order valence-electron chi connectivity index (χ0n) is 12.4. The average Bonchev–Trinajstić information content (AvgIpc) is 2.87. The van der Waals surface area contributed by atoms with Crippen LogP contribution >= 0.6 is 11.6 Å². The lowest BCUT2D eigenvalue weighted by Gasteiger charge is -2.13. The van der Waals surface area contributed by atoms with E-state index in [1.807, 2.05) is 30.8 Å². The number of Topliss-reactive ketones (excluding diaryl/α,β-unsaturated/α-hetero) is 1. The van der Waals surface area contributed by atoms with Crippen molar-refractivity contribution in [1.29, 1.82) is 0 Å². The summed E-state index contributed by atoms with van der Waals surface area (Å²) in [5.74, 6) is 0.583. The molecular weight excluding hydrogens is 288 g/mol. The first-order chi connectivity index (χ1) is 9.95. The van der Waals surface area contributed by atoms with Crippen LogP contribution < -0.4 is 4.74 Å². The maximum absolute atomic E-state index is 12.2. The zero-order chi connectivity index (χ0) is 15.4. The molecule has 0 saturated heterocycles. The van der Waals surface area contributed by atoms with E-state index in [-0.39, 0.29) is 18.2 Å². The summed E-state index contributed by atoms with van der Waals surface area (Å²) in [6, 6.07) is 9.18. The standard InChI is InChI=1S/C16H19ClN2O2/c1-11(2)19-8-7-14(18-19)10-16(20)12(3)21-15-6-4-5-13(17)9-15/h4-9,11-12H,10H2,1-3H3. The van der Waals surface area contributed by atoms with Gasteiger partial charge in [0.05, 0.1) is 12.1 Å². The summed E-state index contributed by atoms with van der Waals surface area (Å²) in [7, 11) is 0. The van der Waals surface area contributed by atoms with Crippen LogP contribution in [0.5, 0.6) is 5.75 Å². The third-order valence-corrected chi connectivity index (χ3v) is 3.35. The highest BCUT2D eigenvalue weighted by Crippen LogP contribution is 2.19. The number of ether oxygens (including phenoxy) is 1. The SMILES string of the molecule is CC(Oc1cccc(Cl)c1)C(=O)Cc1ccn(C(C)C)n1. The summed E-state index contributed by atoms with van der Waals surface area (Å²) in [5, 5.41) is 4.96. The fourth-order valence-electron chi connectivity index (χ4n) is 1.89. The fraction of sp³-hybridized carbons (Fsp3) is 0.375. The number of ketones is 1. The van der Waals surface area contributed by atoms with Crippen LogP contribution in [0.4, 0.5) is 0 Å². The molecule has 2 aromatic rings. The second kappa shape index (κ2) is 6.76. The molecule has 21 heavy (non-hydrogen) atoms. The van der Waals surface area contributed by atoms with E-state index in [4.69, 9.17) is 16.3 Å². The Kier molecular flexibility index (Phi) is 5.02. The number of nitrogens with zero attached hydrogens (tertiary/aromatic N) is 2. The number of benzene rings is 1. The molecule has 0 aliphatic rings. The minimum absolute atomic E-state index is 0.0102. The first kappa shape index (κ1) is 15.6. The Hall–Kier alpha value is -1.81. The van der Waals surface area contributed by atoms with E-state index in [0.717, 1.165) is 5.69 Å². The normalized spacial score (nSPS) is 12.4. The maximum atomic E-state index is 12.2. The highest BCUT2D eigenvalue weighted by molar-refractivity contribution is 6.30. The van der Waals surface area contributed by atoms with E-state index >= 15 is 0 Å². The Balaban J connectivity index is 1.95. The van der Waals surface area contributed by atoms with E-state index < -0.39 is 6.10 Å². The number of rotatable bonds is 6. The van der Waals surface area contributed by atoms with Gasteiger partial charge in [-0.3, -0.25) is 9.48 Å². The van der Waals surface area contributed by atoms with E-state index in [2.05, 4.69) is 5.10 Å². The smallest absolute Gasteiger partial charge is 0.178 e. The molecular formula is C16H19ClN2O2. The molecule has 0 radical (unpaired) electrons. The van der Waals surface area contributed by atoms with Gasteiger partial charge in [-0.25, -0.2) is 0 Å². The Bertz CT molecular complexity index is 622. The van der Waals surface area contributed by atoms with Gasteiger partial charge in [-0.1, -0.05) is 17.7 Å². The fourth-order valence-corrected chi connectivity index (χ4v) is 2.07. The van der Waals surface area contributed by atoms with Crippen LogP contribution in [0.2, 0.25) is 5.02 Å². The largest absolute Gasteiger partial charge is 0.483 e. The highest BCUT2D eigenvalue weighted by Gasteiger charge is 2.17. The predicted octanol–water partition coefficient (Wildman–Crippen LogP) is 3.70. The van der Waals surface area contributed by atoms with Crippen molar-refractivity contribution in [2.45, 2.75) is 39.3 Å². The van der Waals surface area contributed by atoms with Crippen LogP contribution in [0.15, 0.2) is 36.5 Å².